The van der Waals surface area contributed by atoms with Gasteiger partial charge in [0, 0.05) is 6.54 Å². The molecule has 1 aliphatic rings. The minimum Gasteiger partial charge on any atom is -0.293 e. The van der Waals surface area contributed by atoms with Crippen molar-refractivity contribution in [2.45, 2.75) is 43.9 Å². The summed E-state index contributed by atoms with van der Waals surface area (Å²) in [4.78, 5) is 12.5. The Kier molecular flexibility index (Phi) is 6.52. The van der Waals surface area contributed by atoms with E-state index in [-0.39, 0.29) is 23.8 Å². The summed E-state index contributed by atoms with van der Waals surface area (Å²) in [7, 11) is -3.70. The molecule has 0 radical (unpaired) electrons. The first-order chi connectivity index (χ1) is 11.4. The third-order valence-corrected chi connectivity index (χ3v) is 6.01. The van der Waals surface area contributed by atoms with Gasteiger partial charge < -0.3 is 0 Å². The fourth-order valence-corrected chi connectivity index (χ4v) is 4.23. The van der Waals surface area contributed by atoms with Crippen LogP contribution < -0.4 is 0 Å². The van der Waals surface area contributed by atoms with E-state index in [2.05, 4.69) is 6.58 Å². The van der Waals surface area contributed by atoms with Crippen molar-refractivity contribution in [1.29, 1.82) is 0 Å². The largest absolute Gasteiger partial charge is 0.293 e. The first-order valence-corrected chi connectivity index (χ1v) is 9.77. The Morgan fingerprint density at radius 3 is 2.38 bits per heavy atom. The van der Waals surface area contributed by atoms with Gasteiger partial charge >= 0.3 is 0 Å². The number of allylic oxidation sites excluding steroid dienone is 1. The summed E-state index contributed by atoms with van der Waals surface area (Å²) in [5.41, 5.74) is 2.12. The van der Waals surface area contributed by atoms with E-state index in [1.165, 1.54) is 16.8 Å². The zero-order valence-electron chi connectivity index (χ0n) is 14.2. The van der Waals surface area contributed by atoms with Gasteiger partial charge in [-0.15, -0.1) is 6.58 Å². The van der Waals surface area contributed by atoms with Crippen LogP contribution in [0.3, 0.4) is 0 Å². The van der Waals surface area contributed by atoms with E-state index in [4.69, 9.17) is 0 Å². The van der Waals surface area contributed by atoms with Crippen LogP contribution in [0, 0.1) is 6.92 Å². The number of nitrogens with zero attached hydrogens (tertiary/aromatic N) is 1. The third kappa shape index (κ3) is 4.89. The third-order valence-electron chi connectivity index (χ3n) is 4.18. The molecule has 0 aromatic heterocycles. The highest BCUT2D eigenvalue weighted by Crippen LogP contribution is 2.23. The van der Waals surface area contributed by atoms with Crippen LogP contribution in [0.15, 0.2) is 53.5 Å². The van der Waals surface area contributed by atoms with Crippen LogP contribution in [0.1, 0.15) is 37.7 Å². The van der Waals surface area contributed by atoms with E-state index in [0.29, 0.717) is 0 Å². The van der Waals surface area contributed by atoms with Crippen LogP contribution in [0.4, 0.5) is 0 Å². The molecular weight excluding hydrogens is 322 g/mol. The lowest BCUT2D eigenvalue weighted by Crippen LogP contribution is -2.35. The van der Waals surface area contributed by atoms with Crippen molar-refractivity contribution in [3.05, 3.63) is 54.1 Å². The van der Waals surface area contributed by atoms with Crippen molar-refractivity contribution in [2.24, 2.45) is 0 Å². The molecule has 0 heterocycles. The molecule has 0 atom stereocenters. The number of benzene rings is 1. The molecule has 1 aromatic rings. The topological polar surface area (TPSA) is 54.5 Å². The number of sulfonamides is 1. The lowest BCUT2D eigenvalue weighted by atomic mass is 9.94. The van der Waals surface area contributed by atoms with Crippen molar-refractivity contribution in [2.75, 3.05) is 13.1 Å². The molecule has 0 aliphatic heterocycles. The van der Waals surface area contributed by atoms with Crippen LogP contribution in [-0.2, 0) is 14.8 Å². The number of rotatable bonds is 7. The summed E-state index contributed by atoms with van der Waals surface area (Å²) in [6.45, 7) is 5.48. The Hall–Kier alpha value is -1.72. The Labute approximate surface area is 144 Å². The normalized spacial score (nSPS) is 15.3. The van der Waals surface area contributed by atoms with Gasteiger partial charge in [-0.1, -0.05) is 35.8 Å². The number of ketones is 1. The average Bonchev–Trinajstić information content (AvgIpc) is 2.55. The second-order valence-electron chi connectivity index (χ2n) is 6.23. The lowest BCUT2D eigenvalue weighted by molar-refractivity contribution is -0.114. The van der Waals surface area contributed by atoms with Gasteiger partial charge in [-0.05, 0) is 50.8 Å². The van der Waals surface area contributed by atoms with Gasteiger partial charge in [-0.2, -0.15) is 4.31 Å². The van der Waals surface area contributed by atoms with E-state index in [9.17, 15) is 13.2 Å². The number of carbonyl (C=O) groups excluding carboxylic acids is 1. The molecule has 4 nitrogen and oxygen atoms in total. The molecule has 1 aromatic carbocycles. The molecule has 5 heteroatoms. The minimum atomic E-state index is -3.70. The number of hydrogen-bond acceptors (Lipinski definition) is 3. The summed E-state index contributed by atoms with van der Waals surface area (Å²) in [6.07, 6.45) is 8.45. The molecular formula is C19H25NO3S. The first kappa shape index (κ1) is 18.6. The molecule has 1 aliphatic carbocycles. The molecule has 0 bridgehead atoms. The van der Waals surface area contributed by atoms with Gasteiger partial charge in [0.05, 0.1) is 11.4 Å². The highest BCUT2D eigenvalue weighted by Gasteiger charge is 2.25. The number of aryl methyl sites for hydroxylation is 1. The van der Waals surface area contributed by atoms with Crippen LogP contribution in [0.5, 0.6) is 0 Å². The summed E-state index contributed by atoms with van der Waals surface area (Å²) in [5.74, 6) is -0.163. The van der Waals surface area contributed by atoms with Gasteiger partial charge in [0.15, 0.2) is 5.78 Å². The van der Waals surface area contributed by atoms with Crippen LogP contribution in [0.2, 0.25) is 0 Å². The standard InChI is InChI=1S/C19H25NO3S/c1-3-13-20(15-18(21)14-17-7-5-4-6-8-17)24(22,23)19-11-9-16(2)10-12-19/h3,9-12,14H,1,4-8,13,15H2,2H3. The SMILES string of the molecule is C=CCN(CC(=O)C=C1CCCCC1)S(=O)(=O)c1ccc(C)cc1. The van der Waals surface area contributed by atoms with Crippen molar-refractivity contribution >= 4 is 15.8 Å². The maximum atomic E-state index is 12.8. The molecule has 1 fully saturated rings. The predicted molar refractivity (Wildman–Crippen MR) is 96.3 cm³/mol. The Bertz CT molecular complexity index is 709. The molecule has 130 valence electrons. The van der Waals surface area contributed by atoms with Crippen molar-refractivity contribution in [3.63, 3.8) is 0 Å². The van der Waals surface area contributed by atoms with Gasteiger partial charge in [-0.3, -0.25) is 4.79 Å². The summed E-state index contributed by atoms with van der Waals surface area (Å²) < 4.78 is 26.7. The average molecular weight is 347 g/mol. The smallest absolute Gasteiger partial charge is 0.243 e. The van der Waals surface area contributed by atoms with E-state index in [0.717, 1.165) is 36.8 Å². The van der Waals surface area contributed by atoms with E-state index in [1.807, 2.05) is 6.92 Å². The van der Waals surface area contributed by atoms with E-state index in [1.54, 1.807) is 30.3 Å². The second-order valence-corrected chi connectivity index (χ2v) is 8.17. The van der Waals surface area contributed by atoms with Crippen molar-refractivity contribution < 1.29 is 13.2 Å². The van der Waals surface area contributed by atoms with Crippen molar-refractivity contribution in [3.8, 4) is 0 Å². The fraction of sp³-hybridized carbons (Fsp3) is 0.421. The van der Waals surface area contributed by atoms with E-state index >= 15 is 0 Å². The Balaban J connectivity index is 2.17. The molecule has 0 amide bonds. The summed E-state index contributed by atoms with van der Waals surface area (Å²) in [5, 5.41) is 0. The summed E-state index contributed by atoms with van der Waals surface area (Å²) >= 11 is 0. The van der Waals surface area contributed by atoms with Gasteiger partial charge in [0.1, 0.15) is 0 Å². The molecule has 0 spiro atoms. The molecule has 0 unspecified atom stereocenters. The monoisotopic (exact) mass is 347 g/mol. The van der Waals surface area contributed by atoms with Crippen LogP contribution in [0.25, 0.3) is 0 Å². The zero-order chi connectivity index (χ0) is 17.6. The minimum absolute atomic E-state index is 0.116. The fourth-order valence-electron chi connectivity index (χ4n) is 2.85. The van der Waals surface area contributed by atoms with Crippen LogP contribution >= 0.6 is 0 Å². The number of carbonyl (C=O) groups is 1. The Morgan fingerprint density at radius 2 is 1.79 bits per heavy atom. The second kappa shape index (κ2) is 8.40. The molecule has 0 N–H and O–H groups in total. The van der Waals surface area contributed by atoms with Gasteiger partial charge in [0.25, 0.3) is 0 Å². The zero-order valence-corrected chi connectivity index (χ0v) is 15.0. The van der Waals surface area contributed by atoms with Gasteiger partial charge in [-0.25, -0.2) is 8.42 Å². The molecule has 24 heavy (non-hydrogen) atoms. The molecule has 2 rings (SSSR count). The maximum absolute atomic E-state index is 12.8. The highest BCUT2D eigenvalue weighted by atomic mass is 32.2. The van der Waals surface area contributed by atoms with E-state index < -0.39 is 10.0 Å². The highest BCUT2D eigenvalue weighted by molar-refractivity contribution is 7.89. The van der Waals surface area contributed by atoms with Gasteiger partial charge in [0.2, 0.25) is 10.0 Å². The maximum Gasteiger partial charge on any atom is 0.243 e. The number of hydrogen-bond donors (Lipinski definition) is 0. The Morgan fingerprint density at radius 1 is 1.17 bits per heavy atom. The predicted octanol–water partition coefficient (Wildman–Crippen LogP) is 3.63. The van der Waals surface area contributed by atoms with Crippen LogP contribution in [-0.4, -0.2) is 31.6 Å². The molecule has 0 saturated heterocycles. The van der Waals surface area contributed by atoms with Crippen molar-refractivity contribution in [1.82, 2.24) is 4.31 Å². The first-order valence-electron chi connectivity index (χ1n) is 8.33. The summed E-state index contributed by atoms with van der Waals surface area (Å²) in [6, 6.07) is 6.66. The molecule has 1 saturated carbocycles. The lowest BCUT2D eigenvalue weighted by Gasteiger charge is -2.20. The quantitative estimate of drug-likeness (QED) is 0.559.